The molecule has 0 bridgehead atoms. The second kappa shape index (κ2) is 7.77. The third kappa shape index (κ3) is 5.30. The molecule has 0 aliphatic rings. The summed E-state index contributed by atoms with van der Waals surface area (Å²) in [7, 11) is 0. The van der Waals surface area contributed by atoms with Crippen molar-refractivity contribution < 1.29 is 0 Å². The fraction of sp³-hybridized carbons (Fsp3) is 0.333. The Morgan fingerprint density at radius 1 is 1.29 bits per heavy atom. The van der Waals surface area contributed by atoms with Gasteiger partial charge in [-0.2, -0.15) is 0 Å². The third-order valence-corrected chi connectivity index (χ3v) is 4.24. The van der Waals surface area contributed by atoms with E-state index in [2.05, 4.69) is 57.3 Å². The quantitative estimate of drug-likeness (QED) is 0.459. The molecule has 0 saturated carbocycles. The van der Waals surface area contributed by atoms with E-state index < -0.39 is 0 Å². The molecule has 1 heterocycles. The molecule has 3 N–H and O–H groups in total. The largest absolute Gasteiger partial charge is 0.308 e. The van der Waals surface area contributed by atoms with Crippen molar-refractivity contribution in [1.29, 1.82) is 0 Å². The number of nitrogen functional groups attached to an aromatic ring is 1. The lowest BCUT2D eigenvalue weighted by Crippen LogP contribution is -2.12. The summed E-state index contributed by atoms with van der Waals surface area (Å²) in [5.74, 6) is 8.23. The Balaban J connectivity index is 2.11. The van der Waals surface area contributed by atoms with Gasteiger partial charge in [-0.1, -0.05) is 35.8 Å². The number of rotatable bonds is 6. The van der Waals surface area contributed by atoms with E-state index in [4.69, 9.17) is 5.84 Å². The summed E-state index contributed by atoms with van der Waals surface area (Å²) < 4.78 is 1.08. The van der Waals surface area contributed by atoms with Crippen LogP contribution in [0.5, 0.6) is 0 Å². The van der Waals surface area contributed by atoms with E-state index in [1.807, 2.05) is 18.2 Å². The number of nitrogens with two attached hydrogens (primary N) is 1. The predicted molar refractivity (Wildman–Crippen MR) is 92.1 cm³/mol. The first kappa shape index (κ1) is 16.3. The molecule has 0 radical (unpaired) electrons. The number of anilines is 1. The van der Waals surface area contributed by atoms with Gasteiger partial charge >= 0.3 is 0 Å². The standard InChI is InChI=1S/C15H19BrN4S/c1-10(2)6-12-8-14(20-17)19-15(18-12)9-21-13-5-3-4-11(16)7-13/h3-5,7-8,10H,6,9,17H2,1-2H3,(H,18,19,20). The summed E-state index contributed by atoms with van der Waals surface area (Å²) in [5.41, 5.74) is 3.65. The Hall–Kier alpha value is -1.11. The van der Waals surface area contributed by atoms with Crippen LogP contribution in [0.3, 0.4) is 0 Å². The second-order valence-corrected chi connectivity index (χ2v) is 7.11. The summed E-state index contributed by atoms with van der Waals surface area (Å²) in [4.78, 5) is 10.2. The van der Waals surface area contributed by atoms with Crippen molar-refractivity contribution in [2.24, 2.45) is 11.8 Å². The Morgan fingerprint density at radius 3 is 2.76 bits per heavy atom. The second-order valence-electron chi connectivity index (χ2n) is 5.15. The van der Waals surface area contributed by atoms with E-state index in [9.17, 15) is 0 Å². The SMILES string of the molecule is CC(C)Cc1cc(NN)nc(CSc2cccc(Br)c2)n1. The summed E-state index contributed by atoms with van der Waals surface area (Å²) in [5, 5.41) is 0. The van der Waals surface area contributed by atoms with E-state index >= 15 is 0 Å². The number of hydrogen-bond acceptors (Lipinski definition) is 5. The number of benzene rings is 1. The van der Waals surface area contributed by atoms with Gasteiger partial charge in [-0.25, -0.2) is 15.8 Å². The van der Waals surface area contributed by atoms with Gasteiger partial charge in [0.05, 0.1) is 5.75 Å². The van der Waals surface area contributed by atoms with E-state index in [-0.39, 0.29) is 0 Å². The summed E-state index contributed by atoms with van der Waals surface area (Å²) in [6.07, 6.45) is 0.922. The van der Waals surface area contributed by atoms with Crippen molar-refractivity contribution in [1.82, 2.24) is 9.97 Å². The van der Waals surface area contributed by atoms with Crippen molar-refractivity contribution in [2.45, 2.75) is 30.9 Å². The van der Waals surface area contributed by atoms with Crippen molar-refractivity contribution in [3.8, 4) is 0 Å². The van der Waals surface area contributed by atoms with Crippen LogP contribution in [-0.2, 0) is 12.2 Å². The molecule has 0 atom stereocenters. The van der Waals surface area contributed by atoms with Crippen molar-refractivity contribution >= 4 is 33.5 Å². The predicted octanol–water partition coefficient (Wildman–Crippen LogP) is 4.02. The van der Waals surface area contributed by atoms with Crippen LogP contribution in [0.2, 0.25) is 0 Å². The zero-order valence-corrected chi connectivity index (χ0v) is 14.5. The molecule has 2 rings (SSSR count). The van der Waals surface area contributed by atoms with E-state index in [0.29, 0.717) is 11.7 Å². The topological polar surface area (TPSA) is 63.8 Å². The third-order valence-electron chi connectivity index (χ3n) is 2.75. The van der Waals surface area contributed by atoms with Gasteiger partial charge in [0, 0.05) is 21.1 Å². The number of halogens is 1. The zero-order valence-electron chi connectivity index (χ0n) is 12.1. The molecule has 0 spiro atoms. The highest BCUT2D eigenvalue weighted by Gasteiger charge is 2.07. The van der Waals surface area contributed by atoms with E-state index in [1.165, 1.54) is 4.90 Å². The Morgan fingerprint density at radius 2 is 2.10 bits per heavy atom. The molecule has 1 aromatic heterocycles. The van der Waals surface area contributed by atoms with Gasteiger partial charge in [-0.3, -0.25) is 0 Å². The van der Waals surface area contributed by atoms with Crippen LogP contribution in [0.15, 0.2) is 39.7 Å². The zero-order chi connectivity index (χ0) is 15.2. The van der Waals surface area contributed by atoms with Gasteiger partial charge in [-0.05, 0) is 30.5 Å². The molecule has 1 aromatic carbocycles. The number of nitrogens with one attached hydrogen (secondary N) is 1. The lowest BCUT2D eigenvalue weighted by atomic mass is 10.1. The monoisotopic (exact) mass is 366 g/mol. The Bertz CT molecular complexity index is 604. The molecule has 21 heavy (non-hydrogen) atoms. The highest BCUT2D eigenvalue weighted by atomic mass is 79.9. The number of nitrogens with zero attached hydrogens (tertiary/aromatic N) is 2. The van der Waals surface area contributed by atoms with Crippen molar-refractivity contribution in [2.75, 3.05) is 5.43 Å². The smallest absolute Gasteiger partial charge is 0.143 e. The maximum absolute atomic E-state index is 5.49. The molecule has 112 valence electrons. The highest BCUT2D eigenvalue weighted by Crippen LogP contribution is 2.25. The van der Waals surface area contributed by atoms with Gasteiger partial charge in [0.1, 0.15) is 11.6 Å². The van der Waals surface area contributed by atoms with Crippen LogP contribution in [0.4, 0.5) is 5.82 Å². The molecule has 0 amide bonds. The van der Waals surface area contributed by atoms with Gasteiger partial charge in [0.2, 0.25) is 0 Å². The molecule has 0 unspecified atom stereocenters. The average molecular weight is 367 g/mol. The van der Waals surface area contributed by atoms with Crippen LogP contribution < -0.4 is 11.3 Å². The fourth-order valence-corrected chi connectivity index (χ4v) is 3.28. The van der Waals surface area contributed by atoms with Gasteiger partial charge in [0.25, 0.3) is 0 Å². The number of aromatic nitrogens is 2. The van der Waals surface area contributed by atoms with Crippen LogP contribution in [0, 0.1) is 5.92 Å². The Labute approximate surface area is 138 Å². The van der Waals surface area contributed by atoms with Gasteiger partial charge in [0.15, 0.2) is 0 Å². The maximum Gasteiger partial charge on any atom is 0.143 e. The Kier molecular flexibility index (Phi) is 6.02. The fourth-order valence-electron chi connectivity index (χ4n) is 1.92. The molecular weight excluding hydrogens is 348 g/mol. The van der Waals surface area contributed by atoms with Crippen molar-refractivity contribution in [3.05, 3.63) is 46.3 Å². The highest BCUT2D eigenvalue weighted by molar-refractivity contribution is 9.10. The van der Waals surface area contributed by atoms with Gasteiger partial charge < -0.3 is 5.43 Å². The molecular formula is C15H19BrN4S. The average Bonchev–Trinajstić information content (AvgIpc) is 2.44. The molecule has 2 aromatic rings. The minimum Gasteiger partial charge on any atom is -0.308 e. The molecule has 0 fully saturated rings. The summed E-state index contributed by atoms with van der Waals surface area (Å²) in [6.45, 7) is 4.35. The molecule has 0 saturated heterocycles. The van der Waals surface area contributed by atoms with Crippen LogP contribution in [0.1, 0.15) is 25.4 Å². The molecule has 6 heteroatoms. The van der Waals surface area contributed by atoms with Crippen LogP contribution in [0.25, 0.3) is 0 Å². The lowest BCUT2D eigenvalue weighted by molar-refractivity contribution is 0.632. The van der Waals surface area contributed by atoms with E-state index in [1.54, 1.807) is 11.8 Å². The minimum absolute atomic E-state index is 0.552. The molecule has 0 aliphatic carbocycles. The van der Waals surface area contributed by atoms with Crippen molar-refractivity contribution in [3.63, 3.8) is 0 Å². The number of hydrazine groups is 1. The first-order valence-electron chi connectivity index (χ1n) is 6.78. The maximum atomic E-state index is 5.49. The first-order chi connectivity index (χ1) is 10.1. The summed E-state index contributed by atoms with van der Waals surface area (Å²) >= 11 is 5.19. The normalized spacial score (nSPS) is 10.9. The summed E-state index contributed by atoms with van der Waals surface area (Å²) in [6, 6.07) is 10.1. The lowest BCUT2D eigenvalue weighted by Gasteiger charge is -2.09. The number of thioether (sulfide) groups is 1. The van der Waals surface area contributed by atoms with E-state index in [0.717, 1.165) is 28.2 Å². The van der Waals surface area contributed by atoms with Crippen LogP contribution >= 0.6 is 27.7 Å². The molecule has 4 nitrogen and oxygen atoms in total. The molecule has 0 aliphatic heterocycles. The number of hydrogen-bond donors (Lipinski definition) is 2. The van der Waals surface area contributed by atoms with Crippen LogP contribution in [-0.4, -0.2) is 9.97 Å². The van der Waals surface area contributed by atoms with Gasteiger partial charge in [-0.15, -0.1) is 11.8 Å². The minimum atomic E-state index is 0.552. The first-order valence-corrected chi connectivity index (χ1v) is 8.56.